The summed E-state index contributed by atoms with van der Waals surface area (Å²) in [6.07, 6.45) is 0.488. The topological polar surface area (TPSA) is 46.3 Å². The van der Waals surface area contributed by atoms with Crippen molar-refractivity contribution in [2.45, 2.75) is 19.4 Å². The second-order valence-corrected chi connectivity index (χ2v) is 5.13. The molecule has 116 valence electrons. The molecule has 2 rings (SSSR count). The van der Waals surface area contributed by atoms with Crippen LogP contribution < -0.4 is 5.73 Å². The molecule has 1 aliphatic heterocycles. The fourth-order valence-corrected chi connectivity index (χ4v) is 2.23. The molecule has 1 amide bonds. The lowest BCUT2D eigenvalue weighted by Crippen LogP contribution is -2.50. The van der Waals surface area contributed by atoms with Gasteiger partial charge in [0.1, 0.15) is 5.56 Å². The van der Waals surface area contributed by atoms with E-state index in [4.69, 9.17) is 5.73 Å². The highest BCUT2D eigenvalue weighted by Crippen LogP contribution is 2.26. The fraction of sp³-hybridized carbons (Fsp3) is 0.462. The van der Waals surface area contributed by atoms with E-state index in [9.17, 15) is 26.7 Å². The maximum atomic E-state index is 13.6. The predicted octanol–water partition coefficient (Wildman–Crippen LogP) is 2.19. The summed E-state index contributed by atoms with van der Waals surface area (Å²) >= 11 is 0. The molecule has 0 radical (unpaired) electrons. The number of benzene rings is 1. The second-order valence-electron chi connectivity index (χ2n) is 5.13. The molecule has 2 unspecified atom stereocenters. The standard InChI is InChI=1S/C13H13F5N2O/c1-5-2-3-20(4-6(5)19)13(21)7-8(14)10(16)12(18)11(17)9(7)15/h5-6H,2-4,19H2,1H3. The van der Waals surface area contributed by atoms with Crippen molar-refractivity contribution in [2.75, 3.05) is 13.1 Å². The molecule has 1 aliphatic rings. The van der Waals surface area contributed by atoms with E-state index < -0.39 is 46.6 Å². The van der Waals surface area contributed by atoms with Gasteiger partial charge < -0.3 is 10.6 Å². The zero-order valence-corrected chi connectivity index (χ0v) is 11.1. The highest BCUT2D eigenvalue weighted by Gasteiger charge is 2.34. The Kier molecular flexibility index (Phi) is 4.18. The van der Waals surface area contributed by atoms with Crippen LogP contribution in [0.4, 0.5) is 22.0 Å². The average Bonchev–Trinajstić information content (AvgIpc) is 2.46. The predicted molar refractivity (Wildman–Crippen MR) is 63.9 cm³/mol. The second kappa shape index (κ2) is 5.59. The molecule has 0 spiro atoms. The van der Waals surface area contributed by atoms with Crippen molar-refractivity contribution >= 4 is 5.91 Å². The zero-order valence-electron chi connectivity index (χ0n) is 11.1. The third kappa shape index (κ3) is 2.59. The lowest BCUT2D eigenvalue weighted by atomic mass is 9.94. The van der Waals surface area contributed by atoms with Gasteiger partial charge >= 0.3 is 0 Å². The Morgan fingerprint density at radius 2 is 1.52 bits per heavy atom. The van der Waals surface area contributed by atoms with Gasteiger partial charge in [-0.1, -0.05) is 6.92 Å². The van der Waals surface area contributed by atoms with Gasteiger partial charge in [-0.3, -0.25) is 4.79 Å². The van der Waals surface area contributed by atoms with E-state index in [1.54, 1.807) is 0 Å². The largest absolute Gasteiger partial charge is 0.337 e. The zero-order chi connectivity index (χ0) is 15.9. The molecule has 3 nitrogen and oxygen atoms in total. The van der Waals surface area contributed by atoms with E-state index in [0.717, 1.165) is 4.90 Å². The Bertz CT molecular complexity index is 563. The van der Waals surface area contributed by atoms with E-state index in [-0.39, 0.29) is 19.0 Å². The van der Waals surface area contributed by atoms with Gasteiger partial charge in [-0.2, -0.15) is 0 Å². The van der Waals surface area contributed by atoms with Crippen molar-refractivity contribution in [1.82, 2.24) is 4.90 Å². The molecule has 21 heavy (non-hydrogen) atoms. The minimum Gasteiger partial charge on any atom is -0.337 e. The van der Waals surface area contributed by atoms with Crippen LogP contribution in [0.25, 0.3) is 0 Å². The van der Waals surface area contributed by atoms with Crippen molar-refractivity contribution in [3.05, 3.63) is 34.6 Å². The summed E-state index contributed by atoms with van der Waals surface area (Å²) in [7, 11) is 0. The Morgan fingerprint density at radius 1 is 1.05 bits per heavy atom. The molecule has 2 atom stereocenters. The van der Waals surface area contributed by atoms with Crippen LogP contribution in [0, 0.1) is 35.0 Å². The first-order chi connectivity index (χ1) is 9.75. The molecule has 2 N–H and O–H groups in total. The Labute approximate surface area is 117 Å². The molecule has 1 aromatic rings. The number of hydrogen-bond donors (Lipinski definition) is 1. The van der Waals surface area contributed by atoms with E-state index in [1.807, 2.05) is 6.92 Å². The number of amides is 1. The van der Waals surface area contributed by atoms with Gasteiger partial charge in [0.15, 0.2) is 23.3 Å². The normalized spacial score (nSPS) is 22.5. The van der Waals surface area contributed by atoms with E-state index in [0.29, 0.717) is 6.42 Å². The van der Waals surface area contributed by atoms with Crippen molar-refractivity contribution in [1.29, 1.82) is 0 Å². The highest BCUT2D eigenvalue weighted by atomic mass is 19.2. The smallest absolute Gasteiger partial charge is 0.260 e. The van der Waals surface area contributed by atoms with E-state index in [2.05, 4.69) is 0 Å². The van der Waals surface area contributed by atoms with Crippen LogP contribution in [0.3, 0.4) is 0 Å². The van der Waals surface area contributed by atoms with Crippen LogP contribution in [-0.2, 0) is 0 Å². The van der Waals surface area contributed by atoms with Crippen molar-refractivity contribution in [2.24, 2.45) is 11.7 Å². The molecule has 1 fully saturated rings. The van der Waals surface area contributed by atoms with Crippen LogP contribution in [0.1, 0.15) is 23.7 Å². The third-order valence-electron chi connectivity index (χ3n) is 3.73. The minimum absolute atomic E-state index is 0.000501. The Morgan fingerprint density at radius 3 is 2.00 bits per heavy atom. The molecule has 1 aromatic carbocycles. The van der Waals surface area contributed by atoms with Crippen LogP contribution in [0.5, 0.6) is 0 Å². The monoisotopic (exact) mass is 308 g/mol. The molecule has 0 aromatic heterocycles. The summed E-state index contributed by atoms with van der Waals surface area (Å²) in [5.74, 6) is -11.9. The molecule has 1 saturated heterocycles. The minimum atomic E-state index is -2.29. The summed E-state index contributed by atoms with van der Waals surface area (Å²) in [6, 6.07) is -0.413. The van der Waals surface area contributed by atoms with Gasteiger partial charge in [0.2, 0.25) is 5.82 Å². The Balaban J connectivity index is 2.41. The van der Waals surface area contributed by atoms with Crippen LogP contribution in [-0.4, -0.2) is 29.9 Å². The van der Waals surface area contributed by atoms with Crippen LogP contribution in [0.2, 0.25) is 0 Å². The molecular formula is C13H13F5N2O. The number of piperidine rings is 1. The fourth-order valence-electron chi connectivity index (χ4n) is 2.23. The summed E-state index contributed by atoms with van der Waals surface area (Å²) in [4.78, 5) is 13.0. The first-order valence-corrected chi connectivity index (χ1v) is 6.32. The Hall–Kier alpha value is -1.70. The lowest BCUT2D eigenvalue weighted by molar-refractivity contribution is 0.0659. The number of nitrogens with two attached hydrogens (primary N) is 1. The van der Waals surface area contributed by atoms with Gasteiger partial charge in [0.25, 0.3) is 5.91 Å². The number of likely N-dealkylation sites (tertiary alicyclic amines) is 1. The van der Waals surface area contributed by atoms with Gasteiger partial charge in [-0.05, 0) is 12.3 Å². The molecule has 1 heterocycles. The molecule has 8 heteroatoms. The number of halogens is 5. The van der Waals surface area contributed by atoms with E-state index in [1.165, 1.54) is 0 Å². The highest BCUT2D eigenvalue weighted by molar-refractivity contribution is 5.95. The van der Waals surface area contributed by atoms with Crippen LogP contribution in [0.15, 0.2) is 0 Å². The number of hydrogen-bond acceptors (Lipinski definition) is 2. The van der Waals surface area contributed by atoms with Crippen LogP contribution >= 0.6 is 0 Å². The number of rotatable bonds is 1. The summed E-state index contributed by atoms with van der Waals surface area (Å²) < 4.78 is 66.3. The van der Waals surface area contributed by atoms with Crippen molar-refractivity contribution in [3.8, 4) is 0 Å². The average molecular weight is 308 g/mol. The maximum Gasteiger partial charge on any atom is 0.260 e. The quantitative estimate of drug-likeness (QED) is 0.491. The van der Waals surface area contributed by atoms with Gasteiger partial charge in [-0.25, -0.2) is 22.0 Å². The third-order valence-corrected chi connectivity index (χ3v) is 3.73. The first-order valence-electron chi connectivity index (χ1n) is 6.32. The maximum absolute atomic E-state index is 13.6. The van der Waals surface area contributed by atoms with Crippen molar-refractivity contribution in [3.63, 3.8) is 0 Å². The number of carbonyl (C=O) groups is 1. The summed E-state index contributed by atoms with van der Waals surface area (Å²) in [5.41, 5.74) is 4.32. The summed E-state index contributed by atoms with van der Waals surface area (Å²) in [5, 5.41) is 0. The van der Waals surface area contributed by atoms with Gasteiger partial charge in [-0.15, -0.1) is 0 Å². The molecular weight excluding hydrogens is 295 g/mol. The summed E-state index contributed by atoms with van der Waals surface area (Å²) in [6.45, 7) is 2.00. The SMILES string of the molecule is CC1CCN(C(=O)c2c(F)c(F)c(F)c(F)c2F)CC1N. The van der Waals surface area contributed by atoms with Crippen molar-refractivity contribution < 1.29 is 26.7 Å². The molecule has 0 saturated carbocycles. The van der Waals surface area contributed by atoms with E-state index >= 15 is 0 Å². The first kappa shape index (κ1) is 15.7. The lowest BCUT2D eigenvalue weighted by Gasteiger charge is -2.35. The number of nitrogens with zero attached hydrogens (tertiary/aromatic N) is 1. The number of carbonyl (C=O) groups excluding carboxylic acids is 1. The molecule has 0 aliphatic carbocycles. The van der Waals surface area contributed by atoms with Gasteiger partial charge in [0.05, 0.1) is 0 Å². The van der Waals surface area contributed by atoms with Gasteiger partial charge in [0, 0.05) is 19.1 Å². The molecule has 0 bridgehead atoms.